The Balaban J connectivity index is 6.77. The molecule has 0 spiro atoms. The van der Waals surface area contributed by atoms with E-state index in [-0.39, 0.29) is 0 Å². The molecule has 25 heteroatoms. The molecular formula is C17H16F21NO3. The van der Waals surface area contributed by atoms with Crippen LogP contribution in [0.4, 0.5) is 92.2 Å². The second-order valence-corrected chi connectivity index (χ2v) is 8.40. The van der Waals surface area contributed by atoms with Crippen molar-refractivity contribution < 1.29 is 108 Å². The monoisotopic (exact) mass is 681 g/mol. The maximum atomic E-state index is 13.9. The number of aliphatic hydroxyl groups excluding tert-OH is 3. The zero-order chi connectivity index (χ0) is 34.4. The van der Waals surface area contributed by atoms with Gasteiger partial charge in [-0.15, -0.1) is 0 Å². The molecule has 254 valence electrons. The van der Waals surface area contributed by atoms with E-state index >= 15 is 0 Å². The van der Waals surface area contributed by atoms with Crippen LogP contribution in [0.2, 0.25) is 0 Å². The largest absolute Gasteiger partial charge is 0.460 e. The lowest BCUT2D eigenvalue weighted by Gasteiger charge is -2.44. The number of rotatable bonds is 16. The second kappa shape index (κ2) is 11.7. The molecule has 0 aliphatic carbocycles. The summed E-state index contributed by atoms with van der Waals surface area (Å²) in [4.78, 5) is 0.527. The van der Waals surface area contributed by atoms with E-state index in [9.17, 15) is 97.3 Å². The summed E-state index contributed by atoms with van der Waals surface area (Å²) in [6.45, 7) is -4.59. The fraction of sp³-hybridized carbons (Fsp3) is 1.00. The first-order chi connectivity index (χ1) is 18.1. The first-order valence-corrected chi connectivity index (χ1v) is 10.2. The minimum Gasteiger partial charge on any atom is -0.395 e. The molecule has 0 rings (SSSR count). The first kappa shape index (κ1) is 40.4. The quantitative estimate of drug-likeness (QED) is 0.194. The summed E-state index contributed by atoms with van der Waals surface area (Å²) in [7, 11) is 0. The zero-order valence-electron chi connectivity index (χ0n) is 19.5. The Morgan fingerprint density at radius 3 is 0.952 bits per heavy atom. The van der Waals surface area contributed by atoms with Gasteiger partial charge in [0.25, 0.3) is 0 Å². The number of alkyl halides is 21. The van der Waals surface area contributed by atoms with Crippen LogP contribution in [0.5, 0.6) is 0 Å². The van der Waals surface area contributed by atoms with E-state index in [1.807, 2.05) is 0 Å². The molecule has 1 atom stereocenters. The van der Waals surface area contributed by atoms with Crippen LogP contribution >= 0.6 is 0 Å². The molecule has 0 bridgehead atoms. The summed E-state index contributed by atoms with van der Waals surface area (Å²) in [6.07, 6.45) is -14.3. The van der Waals surface area contributed by atoms with E-state index in [1.54, 1.807) is 0 Å². The summed E-state index contributed by atoms with van der Waals surface area (Å²) >= 11 is 0. The molecule has 0 saturated heterocycles. The standard InChI is InChI=1S/C17H16F21NO3/c18-8(19,5-7(42)6-39(1-3-40)2-4-41)9(20,21)10(22,23)11(24,25)12(26,27)13(28,29)14(30,31)15(32,33)16(34,35)17(36,37)38/h7,40-42H,1-6H2. The molecule has 0 aliphatic heterocycles. The lowest BCUT2D eigenvalue weighted by molar-refractivity contribution is -0.474. The number of hydrogen-bond acceptors (Lipinski definition) is 4. The van der Waals surface area contributed by atoms with Crippen molar-refractivity contribution in [2.45, 2.75) is 72.0 Å². The molecule has 0 aromatic heterocycles. The lowest BCUT2D eigenvalue weighted by atomic mass is 9.85. The van der Waals surface area contributed by atoms with Gasteiger partial charge in [0.05, 0.1) is 19.3 Å². The van der Waals surface area contributed by atoms with Crippen molar-refractivity contribution in [2.75, 3.05) is 32.8 Å². The Hall–Kier alpha value is -1.63. The highest BCUT2D eigenvalue weighted by Crippen LogP contribution is 2.66. The topological polar surface area (TPSA) is 63.9 Å². The summed E-state index contributed by atoms with van der Waals surface area (Å²) in [5.74, 6) is -77.9. The molecule has 4 nitrogen and oxygen atoms in total. The molecule has 0 saturated carbocycles. The average Bonchev–Trinajstić information content (AvgIpc) is 2.77. The minimum atomic E-state index is -9.24. The Morgan fingerprint density at radius 2 is 0.690 bits per heavy atom. The Kier molecular flexibility index (Phi) is 11.3. The first-order valence-electron chi connectivity index (χ1n) is 10.2. The third-order valence-corrected chi connectivity index (χ3v) is 5.37. The van der Waals surface area contributed by atoms with E-state index < -0.39 is 105 Å². The van der Waals surface area contributed by atoms with Crippen molar-refractivity contribution in [3.63, 3.8) is 0 Å². The van der Waals surface area contributed by atoms with E-state index in [2.05, 4.69) is 0 Å². The van der Waals surface area contributed by atoms with Crippen LogP contribution in [0, 0.1) is 0 Å². The molecule has 1 unspecified atom stereocenters. The summed E-state index contributed by atoms with van der Waals surface area (Å²) in [6, 6.07) is 0. The van der Waals surface area contributed by atoms with Crippen LogP contribution < -0.4 is 0 Å². The van der Waals surface area contributed by atoms with Crippen molar-refractivity contribution in [3.8, 4) is 0 Å². The fourth-order valence-corrected chi connectivity index (χ4v) is 2.95. The predicted molar refractivity (Wildman–Crippen MR) is 91.8 cm³/mol. The van der Waals surface area contributed by atoms with Gasteiger partial charge in [-0.2, -0.15) is 92.2 Å². The van der Waals surface area contributed by atoms with Gasteiger partial charge in [0.1, 0.15) is 0 Å². The highest BCUT2D eigenvalue weighted by molar-refractivity contribution is 5.18. The van der Waals surface area contributed by atoms with Crippen molar-refractivity contribution in [1.29, 1.82) is 0 Å². The Morgan fingerprint density at radius 1 is 0.429 bits per heavy atom. The van der Waals surface area contributed by atoms with E-state index in [0.717, 1.165) is 0 Å². The summed E-state index contributed by atoms with van der Waals surface area (Å²) < 4.78 is 280. The number of nitrogens with zero attached hydrogens (tertiary/aromatic N) is 1. The highest BCUT2D eigenvalue weighted by atomic mass is 19.4. The van der Waals surface area contributed by atoms with Crippen LogP contribution in [0.1, 0.15) is 6.42 Å². The van der Waals surface area contributed by atoms with Crippen LogP contribution in [-0.4, -0.2) is 119 Å². The Bertz CT molecular complexity index is 897. The third kappa shape index (κ3) is 6.02. The maximum Gasteiger partial charge on any atom is 0.460 e. The molecule has 3 N–H and O–H groups in total. The van der Waals surface area contributed by atoms with Gasteiger partial charge in [0, 0.05) is 26.1 Å². The molecular weight excluding hydrogens is 665 g/mol. The van der Waals surface area contributed by atoms with Crippen LogP contribution in [0.3, 0.4) is 0 Å². The minimum absolute atomic E-state index is 0.527. The average molecular weight is 681 g/mol. The van der Waals surface area contributed by atoms with Gasteiger partial charge in [0.15, 0.2) is 0 Å². The van der Waals surface area contributed by atoms with Crippen molar-refractivity contribution in [3.05, 3.63) is 0 Å². The smallest absolute Gasteiger partial charge is 0.395 e. The number of halogens is 21. The fourth-order valence-electron chi connectivity index (χ4n) is 2.95. The highest BCUT2D eigenvalue weighted by Gasteiger charge is 2.97. The molecule has 0 amide bonds. The van der Waals surface area contributed by atoms with Crippen molar-refractivity contribution in [1.82, 2.24) is 4.90 Å². The molecule has 42 heavy (non-hydrogen) atoms. The van der Waals surface area contributed by atoms with E-state index in [0.29, 0.717) is 4.90 Å². The molecule has 0 radical (unpaired) electrons. The summed E-state index contributed by atoms with van der Waals surface area (Å²) in [5.41, 5.74) is 0. The molecule has 0 aliphatic rings. The van der Waals surface area contributed by atoms with Gasteiger partial charge < -0.3 is 15.3 Å². The van der Waals surface area contributed by atoms with Gasteiger partial charge in [-0.05, 0) is 0 Å². The molecule has 0 fully saturated rings. The van der Waals surface area contributed by atoms with Crippen molar-refractivity contribution in [2.24, 2.45) is 0 Å². The SMILES string of the molecule is OCCN(CCO)CC(O)CC(F)(F)C(F)(F)C(F)(F)C(F)(F)C(F)(F)C(F)(F)C(F)(F)C(F)(F)C(F)(F)C(F)(F)F. The summed E-state index contributed by atoms with van der Waals surface area (Å²) in [5, 5.41) is 26.8. The van der Waals surface area contributed by atoms with Crippen LogP contribution in [0.25, 0.3) is 0 Å². The molecule has 0 heterocycles. The molecule has 0 aromatic rings. The van der Waals surface area contributed by atoms with Crippen LogP contribution in [-0.2, 0) is 0 Å². The predicted octanol–water partition coefficient (Wildman–Crippen LogP) is 5.30. The van der Waals surface area contributed by atoms with E-state index in [1.165, 1.54) is 0 Å². The van der Waals surface area contributed by atoms with Gasteiger partial charge in [0.2, 0.25) is 0 Å². The maximum absolute atomic E-state index is 13.9. The number of aliphatic hydroxyl groups is 3. The molecule has 0 aromatic carbocycles. The second-order valence-electron chi connectivity index (χ2n) is 8.40. The van der Waals surface area contributed by atoms with Gasteiger partial charge in [-0.25, -0.2) is 0 Å². The van der Waals surface area contributed by atoms with Crippen molar-refractivity contribution >= 4 is 0 Å². The van der Waals surface area contributed by atoms with Crippen LogP contribution in [0.15, 0.2) is 0 Å². The van der Waals surface area contributed by atoms with Gasteiger partial charge in [-0.1, -0.05) is 0 Å². The Labute approximate surface area is 218 Å². The van der Waals surface area contributed by atoms with Gasteiger partial charge in [-0.3, -0.25) is 4.90 Å². The van der Waals surface area contributed by atoms with Gasteiger partial charge >= 0.3 is 59.5 Å². The zero-order valence-corrected chi connectivity index (χ0v) is 19.5. The lowest BCUT2D eigenvalue weighted by Crippen LogP contribution is -2.76. The third-order valence-electron chi connectivity index (χ3n) is 5.37. The van der Waals surface area contributed by atoms with E-state index in [4.69, 9.17) is 10.2 Å². The number of hydrogen-bond donors (Lipinski definition) is 3. The normalized spacial score (nSPS) is 16.8.